The third kappa shape index (κ3) is 3.86. The van der Waals surface area contributed by atoms with E-state index in [4.69, 9.17) is 17.0 Å². The lowest BCUT2D eigenvalue weighted by Gasteiger charge is -2.21. The van der Waals surface area contributed by atoms with Crippen LogP contribution in [0.15, 0.2) is 42.5 Å². The van der Waals surface area contributed by atoms with Crippen molar-refractivity contribution >= 4 is 12.2 Å². The van der Waals surface area contributed by atoms with Gasteiger partial charge in [-0.15, -0.1) is 0 Å². The van der Waals surface area contributed by atoms with Crippen molar-refractivity contribution in [1.82, 2.24) is 24.7 Å². The highest BCUT2D eigenvalue weighted by Gasteiger charge is 2.29. The Kier molecular flexibility index (Phi) is 5.28. The molecule has 0 saturated heterocycles. The number of aryl methyl sites for hydroxylation is 2. The molecule has 28 heavy (non-hydrogen) atoms. The summed E-state index contributed by atoms with van der Waals surface area (Å²) >= 11 is 5.71. The average Bonchev–Trinajstić information content (AvgIpc) is 3.48. The van der Waals surface area contributed by atoms with Gasteiger partial charge in [-0.1, -0.05) is 30.3 Å². The Labute approximate surface area is 170 Å². The van der Waals surface area contributed by atoms with Crippen LogP contribution in [0.5, 0.6) is 5.75 Å². The molecule has 0 aliphatic heterocycles. The highest BCUT2D eigenvalue weighted by molar-refractivity contribution is 7.71. The second-order valence-corrected chi connectivity index (χ2v) is 7.75. The molecule has 0 N–H and O–H groups in total. The third-order valence-corrected chi connectivity index (χ3v) is 5.60. The average molecular weight is 396 g/mol. The summed E-state index contributed by atoms with van der Waals surface area (Å²) in [5.41, 5.74) is 4.55. The molecular formula is C21H25N5OS. The molecule has 0 spiro atoms. The normalized spacial score (nSPS) is 13.9. The van der Waals surface area contributed by atoms with E-state index in [-0.39, 0.29) is 0 Å². The molecule has 7 heteroatoms. The minimum atomic E-state index is 0.578. The first-order chi connectivity index (χ1) is 13.6. The van der Waals surface area contributed by atoms with E-state index in [1.165, 1.54) is 18.4 Å². The summed E-state index contributed by atoms with van der Waals surface area (Å²) in [7, 11) is 1.69. The molecule has 1 aromatic heterocycles. The topological polar surface area (TPSA) is 48.1 Å². The van der Waals surface area contributed by atoms with Gasteiger partial charge in [0, 0.05) is 12.6 Å². The van der Waals surface area contributed by atoms with Gasteiger partial charge in [0.05, 0.1) is 19.5 Å². The molecule has 0 atom stereocenters. The van der Waals surface area contributed by atoms with Crippen LogP contribution >= 0.6 is 12.2 Å². The van der Waals surface area contributed by atoms with Crippen molar-refractivity contribution in [2.45, 2.75) is 45.9 Å². The molecule has 1 saturated carbocycles. The zero-order valence-corrected chi connectivity index (χ0v) is 17.3. The van der Waals surface area contributed by atoms with Crippen molar-refractivity contribution in [3.05, 3.63) is 63.9 Å². The third-order valence-electron chi connectivity index (χ3n) is 5.21. The summed E-state index contributed by atoms with van der Waals surface area (Å²) in [6.45, 7) is 5.64. The lowest BCUT2D eigenvalue weighted by molar-refractivity contribution is 0.185. The maximum atomic E-state index is 5.71. The smallest absolute Gasteiger partial charge is 0.221 e. The molecule has 146 valence electrons. The quantitative estimate of drug-likeness (QED) is 0.565. The SMILES string of the molecule is COc1ccc(CN(Cn2nnn(-c3c(C)cccc3C)c2=S)C2CC2)cc1. The molecule has 0 radical (unpaired) electrons. The number of hydrogen-bond donors (Lipinski definition) is 0. The molecule has 1 fully saturated rings. The van der Waals surface area contributed by atoms with E-state index in [1.807, 2.05) is 22.9 Å². The van der Waals surface area contributed by atoms with Crippen molar-refractivity contribution in [1.29, 1.82) is 0 Å². The van der Waals surface area contributed by atoms with Gasteiger partial charge in [-0.2, -0.15) is 4.68 Å². The molecule has 3 aromatic rings. The first kappa shape index (κ1) is 18.8. The van der Waals surface area contributed by atoms with Gasteiger partial charge in [0.1, 0.15) is 5.75 Å². The number of ether oxygens (including phenoxy) is 1. The standard InChI is InChI=1S/C21H25N5OS/c1-15-5-4-6-16(2)20(15)26-21(28)25(22-23-26)14-24(18-9-10-18)13-17-7-11-19(27-3)12-8-17/h4-8,11-12,18H,9-10,13-14H2,1-3H3. The van der Waals surface area contributed by atoms with Crippen LogP contribution in [0.1, 0.15) is 29.5 Å². The van der Waals surface area contributed by atoms with E-state index in [0.717, 1.165) is 29.1 Å². The van der Waals surface area contributed by atoms with Crippen molar-refractivity contribution in [3.63, 3.8) is 0 Å². The fourth-order valence-corrected chi connectivity index (χ4v) is 3.74. The number of methoxy groups -OCH3 is 1. The predicted molar refractivity (Wildman–Crippen MR) is 111 cm³/mol. The van der Waals surface area contributed by atoms with Gasteiger partial charge in [-0.3, -0.25) is 4.90 Å². The van der Waals surface area contributed by atoms with Crippen LogP contribution in [0.4, 0.5) is 0 Å². The molecule has 2 aromatic carbocycles. The number of para-hydroxylation sites is 1. The highest BCUT2D eigenvalue weighted by atomic mass is 32.1. The van der Waals surface area contributed by atoms with Crippen LogP contribution in [0.3, 0.4) is 0 Å². The Bertz CT molecular complexity index is 1000. The molecule has 1 aliphatic carbocycles. The number of nitrogens with zero attached hydrogens (tertiary/aromatic N) is 5. The molecule has 1 aliphatic rings. The number of hydrogen-bond acceptors (Lipinski definition) is 5. The Balaban J connectivity index is 1.57. The van der Waals surface area contributed by atoms with E-state index < -0.39 is 0 Å². The van der Waals surface area contributed by atoms with E-state index in [1.54, 1.807) is 11.8 Å². The molecule has 0 amide bonds. The lowest BCUT2D eigenvalue weighted by atomic mass is 10.1. The van der Waals surface area contributed by atoms with Gasteiger partial charge in [0.2, 0.25) is 4.77 Å². The molecule has 6 nitrogen and oxygen atoms in total. The summed E-state index contributed by atoms with van der Waals surface area (Å²) < 4.78 is 9.48. The second kappa shape index (κ2) is 7.85. The molecular weight excluding hydrogens is 370 g/mol. The van der Waals surface area contributed by atoms with Gasteiger partial charge in [-0.25, -0.2) is 4.68 Å². The minimum Gasteiger partial charge on any atom is -0.497 e. The fourth-order valence-electron chi connectivity index (χ4n) is 3.51. The summed E-state index contributed by atoms with van der Waals surface area (Å²) in [6.07, 6.45) is 2.43. The Morgan fingerprint density at radius 2 is 1.75 bits per heavy atom. The van der Waals surface area contributed by atoms with E-state index in [2.05, 4.69) is 53.4 Å². The van der Waals surface area contributed by atoms with Gasteiger partial charge in [0.25, 0.3) is 0 Å². The second-order valence-electron chi connectivity index (χ2n) is 7.38. The van der Waals surface area contributed by atoms with Crippen LogP contribution in [-0.2, 0) is 13.2 Å². The number of benzene rings is 2. The fraction of sp³-hybridized carbons (Fsp3) is 0.381. The molecule has 0 unspecified atom stereocenters. The van der Waals surface area contributed by atoms with Gasteiger partial charge in [0.15, 0.2) is 0 Å². The van der Waals surface area contributed by atoms with Crippen LogP contribution in [0, 0.1) is 18.6 Å². The molecule has 1 heterocycles. The Morgan fingerprint density at radius 3 is 2.36 bits per heavy atom. The van der Waals surface area contributed by atoms with Crippen molar-refractivity contribution in [3.8, 4) is 11.4 Å². The number of aromatic nitrogens is 4. The Morgan fingerprint density at radius 1 is 1.07 bits per heavy atom. The van der Waals surface area contributed by atoms with Crippen LogP contribution in [0.25, 0.3) is 5.69 Å². The van der Waals surface area contributed by atoms with Gasteiger partial charge < -0.3 is 4.74 Å². The Hall–Kier alpha value is -2.51. The van der Waals surface area contributed by atoms with E-state index in [9.17, 15) is 0 Å². The van der Waals surface area contributed by atoms with Gasteiger partial charge >= 0.3 is 0 Å². The number of rotatable bonds is 7. The van der Waals surface area contributed by atoms with Crippen molar-refractivity contribution < 1.29 is 4.74 Å². The van der Waals surface area contributed by atoms with Crippen LogP contribution in [-0.4, -0.2) is 37.8 Å². The maximum Gasteiger partial charge on any atom is 0.221 e. The summed E-state index contributed by atoms with van der Waals surface area (Å²) in [5.74, 6) is 0.875. The zero-order valence-electron chi connectivity index (χ0n) is 16.5. The van der Waals surface area contributed by atoms with Crippen molar-refractivity contribution in [2.75, 3.05) is 7.11 Å². The van der Waals surface area contributed by atoms with Crippen LogP contribution < -0.4 is 4.74 Å². The zero-order chi connectivity index (χ0) is 19.7. The van der Waals surface area contributed by atoms with E-state index >= 15 is 0 Å². The van der Waals surface area contributed by atoms with Crippen LogP contribution in [0.2, 0.25) is 0 Å². The largest absolute Gasteiger partial charge is 0.497 e. The van der Waals surface area contributed by atoms with Crippen molar-refractivity contribution in [2.24, 2.45) is 0 Å². The summed E-state index contributed by atoms with van der Waals surface area (Å²) in [5, 5.41) is 8.71. The van der Waals surface area contributed by atoms with Gasteiger partial charge in [-0.05, 0) is 78.2 Å². The molecule has 4 rings (SSSR count). The maximum absolute atomic E-state index is 5.71. The highest BCUT2D eigenvalue weighted by Crippen LogP contribution is 2.29. The lowest BCUT2D eigenvalue weighted by Crippen LogP contribution is -2.29. The minimum absolute atomic E-state index is 0.578. The molecule has 0 bridgehead atoms. The monoisotopic (exact) mass is 395 g/mol. The predicted octanol–water partition coefficient (Wildman–Crippen LogP) is 4.05. The number of tetrazole rings is 1. The first-order valence-electron chi connectivity index (χ1n) is 9.53. The first-order valence-corrected chi connectivity index (χ1v) is 9.94. The summed E-state index contributed by atoms with van der Waals surface area (Å²) in [4.78, 5) is 2.42. The van der Waals surface area contributed by atoms with E-state index in [0.29, 0.717) is 17.5 Å². The summed E-state index contributed by atoms with van der Waals surface area (Å²) in [6, 6.07) is 15.0.